The number of hydrogen-bond donors (Lipinski definition) is 1. The molecule has 2 N–H and O–H groups in total. The van der Waals surface area contributed by atoms with Crippen LogP contribution in [0.25, 0.3) is 0 Å². The zero-order valence-corrected chi connectivity index (χ0v) is 14.8. The lowest BCUT2D eigenvalue weighted by Gasteiger charge is -2.31. The number of nitrogens with two attached hydrogens (primary N) is 1. The maximum absolute atomic E-state index is 13.0. The molecule has 1 fully saturated rings. The van der Waals surface area contributed by atoms with Crippen molar-refractivity contribution in [2.45, 2.75) is 45.1 Å². The van der Waals surface area contributed by atoms with E-state index in [4.69, 9.17) is 5.73 Å². The van der Waals surface area contributed by atoms with Gasteiger partial charge in [-0.3, -0.25) is 9.78 Å². The maximum Gasteiger partial charge on any atom is 0.250 e. The smallest absolute Gasteiger partial charge is 0.250 e. The van der Waals surface area contributed by atoms with Crippen LogP contribution in [0, 0.1) is 5.92 Å². The second-order valence-electron chi connectivity index (χ2n) is 7.12. The van der Waals surface area contributed by atoms with Gasteiger partial charge in [-0.1, -0.05) is 0 Å². The van der Waals surface area contributed by atoms with Crippen LogP contribution < -0.4 is 5.73 Å². The van der Waals surface area contributed by atoms with Crippen LogP contribution in [0.3, 0.4) is 0 Å². The fourth-order valence-corrected chi connectivity index (χ4v) is 3.32. The van der Waals surface area contributed by atoms with E-state index in [1.54, 1.807) is 23.4 Å². The van der Waals surface area contributed by atoms with E-state index in [0.717, 1.165) is 44.5 Å². The number of hydrogen-bond acceptors (Lipinski definition) is 6. The third-order valence-electron chi connectivity index (χ3n) is 4.87. The van der Waals surface area contributed by atoms with Crippen LogP contribution in [0.4, 0.5) is 5.82 Å². The monoisotopic (exact) mass is 343 g/mol. The number of amides is 1. The lowest BCUT2D eigenvalue weighted by Crippen LogP contribution is -2.47. The van der Waals surface area contributed by atoms with Crippen molar-refractivity contribution < 1.29 is 4.79 Å². The molecule has 8 nitrogen and oxygen atoms in total. The summed E-state index contributed by atoms with van der Waals surface area (Å²) in [5, 5.41) is 4.14. The van der Waals surface area contributed by atoms with Crippen LogP contribution in [0.2, 0.25) is 0 Å². The van der Waals surface area contributed by atoms with E-state index in [0.29, 0.717) is 11.7 Å². The molecule has 2 aromatic rings. The topological polar surface area (TPSA) is 103 Å². The number of nitrogens with zero attached hydrogens (tertiary/aromatic N) is 6. The van der Waals surface area contributed by atoms with Gasteiger partial charge in [-0.15, -0.1) is 0 Å². The second kappa shape index (κ2) is 7.16. The van der Waals surface area contributed by atoms with Gasteiger partial charge in [-0.05, 0) is 45.4 Å². The largest absolute Gasteiger partial charge is 0.382 e. The number of nitrogen functional groups attached to an aromatic ring is 1. The molecule has 1 atom stereocenters. The standard InChI is InChI=1S/C17H25N7O/c1-17(2,24-12-19-11-22-24)16(25)23-6-3-4-13(5-7-23)8-14-9-21-15(18)10-20-14/h9-13H,3-8H2,1-2H3,(H2,18,21)/t13-/m0/s1. The average Bonchev–Trinajstić information content (AvgIpc) is 3.05. The summed E-state index contributed by atoms with van der Waals surface area (Å²) in [5.74, 6) is 1.04. The van der Waals surface area contributed by atoms with Crippen molar-refractivity contribution in [3.63, 3.8) is 0 Å². The molecule has 0 aliphatic carbocycles. The van der Waals surface area contributed by atoms with Gasteiger partial charge in [0.05, 0.1) is 18.1 Å². The number of carbonyl (C=O) groups is 1. The highest BCUT2D eigenvalue weighted by Crippen LogP contribution is 2.24. The van der Waals surface area contributed by atoms with E-state index in [-0.39, 0.29) is 5.91 Å². The molecule has 134 valence electrons. The Morgan fingerprint density at radius 3 is 2.80 bits per heavy atom. The van der Waals surface area contributed by atoms with Gasteiger partial charge < -0.3 is 10.6 Å². The molecule has 3 heterocycles. The van der Waals surface area contributed by atoms with E-state index < -0.39 is 5.54 Å². The molecule has 0 radical (unpaired) electrons. The van der Waals surface area contributed by atoms with Gasteiger partial charge >= 0.3 is 0 Å². The highest BCUT2D eigenvalue weighted by molar-refractivity contribution is 5.83. The third kappa shape index (κ3) is 3.94. The van der Waals surface area contributed by atoms with Crippen molar-refractivity contribution >= 4 is 11.7 Å². The van der Waals surface area contributed by atoms with Crippen molar-refractivity contribution in [1.29, 1.82) is 0 Å². The Morgan fingerprint density at radius 2 is 2.12 bits per heavy atom. The Labute approximate surface area is 147 Å². The Kier molecular flexibility index (Phi) is 4.96. The first-order valence-electron chi connectivity index (χ1n) is 8.67. The van der Waals surface area contributed by atoms with Gasteiger partial charge in [-0.25, -0.2) is 14.6 Å². The van der Waals surface area contributed by atoms with Crippen molar-refractivity contribution in [3.05, 3.63) is 30.7 Å². The van der Waals surface area contributed by atoms with E-state index in [2.05, 4.69) is 20.1 Å². The molecule has 1 amide bonds. The summed E-state index contributed by atoms with van der Waals surface area (Å²) >= 11 is 0. The van der Waals surface area contributed by atoms with Gasteiger partial charge in [-0.2, -0.15) is 5.10 Å². The molecule has 8 heteroatoms. The molecule has 0 saturated carbocycles. The number of anilines is 1. The van der Waals surface area contributed by atoms with E-state index in [9.17, 15) is 4.79 Å². The summed E-state index contributed by atoms with van der Waals surface area (Å²) in [6.45, 7) is 5.30. The van der Waals surface area contributed by atoms with Gasteiger partial charge in [0.1, 0.15) is 24.0 Å². The molecule has 1 aliphatic rings. The molecular weight excluding hydrogens is 318 g/mol. The summed E-state index contributed by atoms with van der Waals surface area (Å²) in [4.78, 5) is 27.3. The first-order valence-corrected chi connectivity index (χ1v) is 8.67. The maximum atomic E-state index is 13.0. The first kappa shape index (κ1) is 17.3. The van der Waals surface area contributed by atoms with Gasteiger partial charge in [0.25, 0.3) is 0 Å². The van der Waals surface area contributed by atoms with Crippen molar-refractivity contribution in [2.75, 3.05) is 18.8 Å². The fourth-order valence-electron chi connectivity index (χ4n) is 3.32. The number of likely N-dealkylation sites (tertiary alicyclic amines) is 1. The summed E-state index contributed by atoms with van der Waals surface area (Å²) < 4.78 is 1.63. The molecular formula is C17H25N7O. The van der Waals surface area contributed by atoms with E-state index in [1.165, 1.54) is 6.33 Å². The summed E-state index contributed by atoms with van der Waals surface area (Å²) in [7, 11) is 0. The minimum atomic E-state index is -0.723. The van der Waals surface area contributed by atoms with Gasteiger partial charge in [0.15, 0.2) is 0 Å². The predicted octanol–water partition coefficient (Wildman–Crippen LogP) is 1.26. The van der Waals surface area contributed by atoms with Crippen molar-refractivity contribution in [3.8, 4) is 0 Å². The number of carbonyl (C=O) groups excluding carboxylic acids is 1. The minimum Gasteiger partial charge on any atom is -0.382 e. The zero-order chi connectivity index (χ0) is 17.9. The van der Waals surface area contributed by atoms with Gasteiger partial charge in [0, 0.05) is 13.1 Å². The van der Waals surface area contributed by atoms with Crippen molar-refractivity contribution in [2.24, 2.45) is 5.92 Å². The Hall–Kier alpha value is -2.51. The minimum absolute atomic E-state index is 0.0888. The summed E-state index contributed by atoms with van der Waals surface area (Å²) in [6.07, 6.45) is 10.3. The summed E-state index contributed by atoms with van der Waals surface area (Å²) in [5.41, 5.74) is 5.82. The Morgan fingerprint density at radius 1 is 1.28 bits per heavy atom. The zero-order valence-electron chi connectivity index (χ0n) is 14.8. The van der Waals surface area contributed by atoms with Gasteiger partial charge in [0.2, 0.25) is 5.91 Å². The fraction of sp³-hybridized carbons (Fsp3) is 0.588. The molecule has 0 aromatic carbocycles. The predicted molar refractivity (Wildman–Crippen MR) is 93.4 cm³/mol. The Bertz CT molecular complexity index is 696. The van der Waals surface area contributed by atoms with Crippen molar-refractivity contribution in [1.82, 2.24) is 29.6 Å². The SMILES string of the molecule is CC(C)(C(=O)N1CCC[C@H](Cc2cnc(N)cn2)CC1)n1cncn1. The molecule has 25 heavy (non-hydrogen) atoms. The molecule has 1 aliphatic heterocycles. The lowest BCUT2D eigenvalue weighted by molar-refractivity contribution is -0.139. The molecule has 1 saturated heterocycles. The van der Waals surface area contributed by atoms with Crippen LogP contribution >= 0.6 is 0 Å². The second-order valence-corrected chi connectivity index (χ2v) is 7.12. The number of rotatable bonds is 4. The molecule has 2 aromatic heterocycles. The van der Waals surface area contributed by atoms with E-state index >= 15 is 0 Å². The third-order valence-corrected chi connectivity index (χ3v) is 4.87. The molecule has 0 spiro atoms. The van der Waals surface area contributed by atoms with Crippen LogP contribution in [0.1, 0.15) is 38.8 Å². The first-order chi connectivity index (χ1) is 12.0. The quantitative estimate of drug-likeness (QED) is 0.896. The molecule has 0 unspecified atom stereocenters. The van der Waals surface area contributed by atoms with Crippen LogP contribution in [-0.2, 0) is 16.8 Å². The Balaban J connectivity index is 1.61. The van der Waals surface area contributed by atoms with Crippen LogP contribution in [-0.4, -0.2) is 48.6 Å². The number of aromatic nitrogens is 5. The van der Waals surface area contributed by atoms with E-state index in [1.807, 2.05) is 18.7 Å². The van der Waals surface area contributed by atoms with Crippen LogP contribution in [0.15, 0.2) is 25.0 Å². The summed E-state index contributed by atoms with van der Waals surface area (Å²) in [6, 6.07) is 0. The lowest BCUT2D eigenvalue weighted by atomic mass is 9.95. The molecule has 0 bridgehead atoms. The highest BCUT2D eigenvalue weighted by Gasteiger charge is 2.35. The average molecular weight is 343 g/mol. The van der Waals surface area contributed by atoms with Crippen LogP contribution in [0.5, 0.6) is 0 Å². The highest BCUT2D eigenvalue weighted by atomic mass is 16.2. The molecule has 3 rings (SSSR count). The normalized spacial score (nSPS) is 18.8.